The van der Waals surface area contributed by atoms with Gasteiger partial charge in [0.05, 0.1) is 0 Å². The van der Waals surface area contributed by atoms with E-state index in [2.05, 4.69) is 17.6 Å². The number of amides is 2. The summed E-state index contributed by atoms with van der Waals surface area (Å²) >= 11 is 0. The first-order valence-electron chi connectivity index (χ1n) is 9.49. The molecule has 2 fully saturated rings. The molecule has 0 aromatic heterocycles. The molecule has 2 amide bonds. The highest BCUT2D eigenvalue weighted by molar-refractivity contribution is 5.90. The van der Waals surface area contributed by atoms with Crippen LogP contribution in [0.3, 0.4) is 0 Å². The molecule has 144 valence electrons. The number of piperidine rings is 1. The predicted molar refractivity (Wildman–Crippen MR) is 106 cm³/mol. The number of carbonyl (C=O) groups is 2. The largest absolute Gasteiger partial charge is 0.338 e. The molecule has 2 saturated heterocycles. The van der Waals surface area contributed by atoms with E-state index < -0.39 is 0 Å². The predicted octanol–water partition coefficient (Wildman–Crippen LogP) is 3.20. The van der Waals surface area contributed by atoms with Crippen LogP contribution in [0.5, 0.6) is 0 Å². The number of halogens is 1. The maximum absolute atomic E-state index is 12.3. The smallest absolute Gasteiger partial charge is 0.224 e. The van der Waals surface area contributed by atoms with Gasteiger partial charge in [-0.1, -0.05) is 19.1 Å². The van der Waals surface area contributed by atoms with Crippen molar-refractivity contribution < 1.29 is 9.59 Å². The van der Waals surface area contributed by atoms with Crippen LogP contribution in [-0.2, 0) is 16.1 Å². The van der Waals surface area contributed by atoms with Crippen LogP contribution in [0.2, 0.25) is 0 Å². The molecule has 0 saturated carbocycles. The van der Waals surface area contributed by atoms with Crippen LogP contribution in [0, 0.1) is 11.8 Å². The fraction of sp³-hybridized carbons (Fsp3) is 0.600. The van der Waals surface area contributed by atoms with Crippen molar-refractivity contribution in [3.05, 3.63) is 29.8 Å². The molecule has 2 heterocycles. The van der Waals surface area contributed by atoms with Crippen LogP contribution in [0.25, 0.3) is 0 Å². The second-order valence-corrected chi connectivity index (χ2v) is 7.45. The maximum Gasteiger partial charge on any atom is 0.224 e. The highest BCUT2D eigenvalue weighted by Crippen LogP contribution is 2.23. The molecular weight excluding hydrogens is 350 g/mol. The van der Waals surface area contributed by atoms with Crippen LogP contribution < -0.4 is 10.6 Å². The summed E-state index contributed by atoms with van der Waals surface area (Å²) in [7, 11) is 0. The molecule has 2 atom stereocenters. The summed E-state index contributed by atoms with van der Waals surface area (Å²) in [4.78, 5) is 25.9. The molecule has 0 radical (unpaired) electrons. The number of hydrogen-bond acceptors (Lipinski definition) is 3. The lowest BCUT2D eigenvalue weighted by Gasteiger charge is -2.28. The van der Waals surface area contributed by atoms with Gasteiger partial charge in [-0.3, -0.25) is 9.59 Å². The first-order chi connectivity index (χ1) is 12.1. The van der Waals surface area contributed by atoms with Crippen LogP contribution >= 0.6 is 12.4 Å². The quantitative estimate of drug-likeness (QED) is 0.797. The fourth-order valence-corrected chi connectivity index (χ4v) is 3.82. The number of hydrogen-bond donors (Lipinski definition) is 2. The van der Waals surface area contributed by atoms with E-state index in [0.717, 1.165) is 37.3 Å². The molecule has 26 heavy (non-hydrogen) atoms. The monoisotopic (exact) mass is 379 g/mol. The van der Waals surface area contributed by atoms with Crippen molar-refractivity contribution >= 4 is 29.9 Å². The van der Waals surface area contributed by atoms with E-state index in [0.29, 0.717) is 31.2 Å². The Hall–Kier alpha value is -1.59. The molecular formula is C20H30ClN3O2. The lowest BCUT2D eigenvalue weighted by molar-refractivity contribution is -0.128. The Bertz CT molecular complexity index is 600. The van der Waals surface area contributed by atoms with Crippen molar-refractivity contribution in [3.63, 3.8) is 0 Å². The third kappa shape index (κ3) is 5.71. The highest BCUT2D eigenvalue weighted by Gasteiger charge is 2.22. The topological polar surface area (TPSA) is 61.4 Å². The molecule has 2 unspecified atom stereocenters. The van der Waals surface area contributed by atoms with Crippen LogP contribution in [0.15, 0.2) is 24.3 Å². The van der Waals surface area contributed by atoms with Gasteiger partial charge in [-0.15, -0.1) is 12.4 Å². The van der Waals surface area contributed by atoms with Gasteiger partial charge in [0.2, 0.25) is 11.8 Å². The number of nitrogens with zero attached hydrogens (tertiary/aromatic N) is 1. The molecule has 5 nitrogen and oxygen atoms in total. The van der Waals surface area contributed by atoms with Gasteiger partial charge in [-0.2, -0.15) is 0 Å². The normalized spacial score (nSPS) is 21.2. The number of benzene rings is 1. The van der Waals surface area contributed by atoms with Gasteiger partial charge < -0.3 is 15.5 Å². The summed E-state index contributed by atoms with van der Waals surface area (Å²) in [5.74, 6) is 1.32. The molecule has 1 aromatic rings. The molecule has 2 N–H and O–H groups in total. The van der Waals surface area contributed by atoms with Crippen molar-refractivity contribution in [1.29, 1.82) is 0 Å². The molecule has 0 spiro atoms. The highest BCUT2D eigenvalue weighted by atomic mass is 35.5. The summed E-state index contributed by atoms with van der Waals surface area (Å²) in [5.41, 5.74) is 1.94. The van der Waals surface area contributed by atoms with Gasteiger partial charge in [0, 0.05) is 31.6 Å². The second kappa shape index (κ2) is 9.93. The Morgan fingerprint density at radius 1 is 1.31 bits per heavy atom. The molecule has 2 aliphatic heterocycles. The van der Waals surface area contributed by atoms with E-state index in [1.165, 1.54) is 12.8 Å². The summed E-state index contributed by atoms with van der Waals surface area (Å²) in [6, 6.07) is 7.85. The molecule has 1 aromatic carbocycles. The van der Waals surface area contributed by atoms with Gasteiger partial charge in [-0.05, 0) is 61.9 Å². The van der Waals surface area contributed by atoms with Crippen LogP contribution in [0.1, 0.15) is 44.6 Å². The van der Waals surface area contributed by atoms with Crippen LogP contribution in [-0.4, -0.2) is 36.3 Å². The zero-order valence-corrected chi connectivity index (χ0v) is 16.3. The third-order valence-corrected chi connectivity index (χ3v) is 5.43. The van der Waals surface area contributed by atoms with E-state index in [-0.39, 0.29) is 24.2 Å². The zero-order valence-electron chi connectivity index (χ0n) is 15.5. The fourth-order valence-electron chi connectivity index (χ4n) is 3.82. The Labute approximate surface area is 162 Å². The van der Waals surface area contributed by atoms with Crippen molar-refractivity contribution in [2.75, 3.05) is 25.0 Å². The standard InChI is InChI=1S/C20H29N3O2.ClH/c1-15(17-4-2-10-21-13-17)12-19(24)22-18-8-6-16(7-9-18)14-23-11-3-5-20(23)25;/h6-9,15,17,21H,2-5,10-14H2,1H3,(H,22,24);1H. The summed E-state index contributed by atoms with van der Waals surface area (Å²) < 4.78 is 0. The minimum absolute atomic E-state index is 0. The summed E-state index contributed by atoms with van der Waals surface area (Å²) in [6.45, 7) is 5.82. The molecule has 0 aliphatic carbocycles. The van der Waals surface area contributed by atoms with E-state index in [4.69, 9.17) is 0 Å². The minimum Gasteiger partial charge on any atom is -0.338 e. The lowest BCUT2D eigenvalue weighted by Crippen LogP contribution is -2.34. The van der Waals surface area contributed by atoms with E-state index in [9.17, 15) is 9.59 Å². The Morgan fingerprint density at radius 2 is 2.08 bits per heavy atom. The first kappa shape index (κ1) is 20.7. The van der Waals surface area contributed by atoms with Crippen molar-refractivity contribution in [2.45, 2.75) is 45.6 Å². The van der Waals surface area contributed by atoms with E-state index >= 15 is 0 Å². The lowest BCUT2D eigenvalue weighted by atomic mass is 9.85. The molecule has 2 aliphatic rings. The molecule has 0 bridgehead atoms. The summed E-state index contributed by atoms with van der Waals surface area (Å²) in [6.07, 6.45) is 4.61. The van der Waals surface area contributed by atoms with Gasteiger partial charge >= 0.3 is 0 Å². The number of likely N-dealkylation sites (tertiary alicyclic amines) is 1. The average molecular weight is 380 g/mol. The number of carbonyl (C=O) groups excluding carboxylic acids is 2. The van der Waals surface area contributed by atoms with Crippen molar-refractivity contribution in [1.82, 2.24) is 10.2 Å². The van der Waals surface area contributed by atoms with Gasteiger partial charge in [0.15, 0.2) is 0 Å². The van der Waals surface area contributed by atoms with Crippen molar-refractivity contribution in [2.24, 2.45) is 11.8 Å². The van der Waals surface area contributed by atoms with E-state index in [1.807, 2.05) is 29.2 Å². The van der Waals surface area contributed by atoms with Gasteiger partial charge in [-0.25, -0.2) is 0 Å². The third-order valence-electron chi connectivity index (χ3n) is 5.43. The number of rotatable bonds is 6. The zero-order chi connectivity index (χ0) is 17.6. The van der Waals surface area contributed by atoms with E-state index in [1.54, 1.807) is 0 Å². The SMILES string of the molecule is CC(CC(=O)Nc1ccc(CN2CCCC2=O)cc1)C1CCCNC1.Cl. The van der Waals surface area contributed by atoms with Crippen LogP contribution in [0.4, 0.5) is 5.69 Å². The first-order valence-corrected chi connectivity index (χ1v) is 9.49. The van der Waals surface area contributed by atoms with Gasteiger partial charge in [0.25, 0.3) is 0 Å². The van der Waals surface area contributed by atoms with Crippen molar-refractivity contribution in [3.8, 4) is 0 Å². The summed E-state index contributed by atoms with van der Waals surface area (Å²) in [5, 5.41) is 6.42. The minimum atomic E-state index is 0. The number of anilines is 1. The Morgan fingerprint density at radius 3 is 2.69 bits per heavy atom. The number of nitrogens with one attached hydrogen (secondary N) is 2. The molecule has 6 heteroatoms. The maximum atomic E-state index is 12.3. The Kier molecular flexibility index (Phi) is 7.91. The van der Waals surface area contributed by atoms with Gasteiger partial charge in [0.1, 0.15) is 0 Å². The second-order valence-electron chi connectivity index (χ2n) is 7.45. The molecule has 3 rings (SSSR count). The Balaban J connectivity index is 0.00000243. The average Bonchev–Trinajstić information content (AvgIpc) is 3.02.